The molecule has 0 spiro atoms. The van der Waals surface area contributed by atoms with Crippen LogP contribution in [-0.4, -0.2) is 30.3 Å². The van der Waals surface area contributed by atoms with Crippen molar-refractivity contribution in [3.63, 3.8) is 0 Å². The maximum Gasteiger partial charge on any atom is 0.258 e. The van der Waals surface area contributed by atoms with Crippen LogP contribution in [0, 0.1) is 11.6 Å². The van der Waals surface area contributed by atoms with Gasteiger partial charge in [-0.15, -0.1) is 0 Å². The van der Waals surface area contributed by atoms with Crippen LogP contribution in [-0.2, 0) is 4.79 Å². The molecule has 1 amide bonds. The van der Waals surface area contributed by atoms with E-state index in [9.17, 15) is 13.6 Å². The standard InChI is InChI=1S/C11H13F2NO3/c1-7(15)5-14-11(16)6-17-10-3-2-8(12)4-9(10)13/h2-4,7,15H,5-6H2,1H3,(H,14,16)/t7-/m1/s1. The first kappa shape index (κ1) is 13.4. The van der Waals surface area contributed by atoms with Gasteiger partial charge in [0.1, 0.15) is 5.82 Å². The summed E-state index contributed by atoms with van der Waals surface area (Å²) in [5.41, 5.74) is 0. The highest BCUT2D eigenvalue weighted by molar-refractivity contribution is 5.77. The molecule has 0 radical (unpaired) electrons. The van der Waals surface area contributed by atoms with E-state index < -0.39 is 30.3 Å². The van der Waals surface area contributed by atoms with Gasteiger partial charge in [0.25, 0.3) is 5.91 Å². The van der Waals surface area contributed by atoms with E-state index in [1.165, 1.54) is 6.92 Å². The molecule has 0 unspecified atom stereocenters. The molecule has 1 aromatic rings. The topological polar surface area (TPSA) is 58.6 Å². The Kier molecular flexibility index (Phi) is 4.84. The SMILES string of the molecule is C[C@@H](O)CNC(=O)COc1ccc(F)cc1F. The third-order valence-corrected chi connectivity index (χ3v) is 1.85. The summed E-state index contributed by atoms with van der Waals surface area (Å²) in [4.78, 5) is 11.2. The molecule has 1 atom stereocenters. The van der Waals surface area contributed by atoms with Gasteiger partial charge in [-0.3, -0.25) is 4.79 Å². The minimum Gasteiger partial charge on any atom is -0.481 e. The summed E-state index contributed by atoms with van der Waals surface area (Å²) >= 11 is 0. The Morgan fingerprint density at radius 2 is 2.24 bits per heavy atom. The number of nitrogens with one attached hydrogen (secondary N) is 1. The van der Waals surface area contributed by atoms with Crippen molar-refractivity contribution in [1.29, 1.82) is 0 Å². The lowest BCUT2D eigenvalue weighted by Crippen LogP contribution is -2.34. The summed E-state index contributed by atoms with van der Waals surface area (Å²) in [5, 5.41) is 11.3. The second-order valence-electron chi connectivity index (χ2n) is 3.52. The second kappa shape index (κ2) is 6.15. The van der Waals surface area contributed by atoms with Crippen molar-refractivity contribution in [3.8, 4) is 5.75 Å². The first-order valence-electron chi connectivity index (χ1n) is 5.01. The summed E-state index contributed by atoms with van der Waals surface area (Å²) in [6, 6.07) is 2.81. The third-order valence-electron chi connectivity index (χ3n) is 1.85. The number of benzene rings is 1. The van der Waals surface area contributed by atoms with E-state index >= 15 is 0 Å². The Morgan fingerprint density at radius 1 is 1.53 bits per heavy atom. The van der Waals surface area contributed by atoms with Crippen molar-refractivity contribution in [1.82, 2.24) is 5.32 Å². The van der Waals surface area contributed by atoms with Crippen LogP contribution in [0.5, 0.6) is 5.75 Å². The molecular weight excluding hydrogens is 232 g/mol. The smallest absolute Gasteiger partial charge is 0.258 e. The summed E-state index contributed by atoms with van der Waals surface area (Å²) < 4.78 is 30.5. The molecule has 17 heavy (non-hydrogen) atoms. The number of hydrogen-bond acceptors (Lipinski definition) is 3. The number of amides is 1. The summed E-state index contributed by atoms with van der Waals surface area (Å²) in [6.07, 6.45) is -0.665. The van der Waals surface area contributed by atoms with E-state index in [1.807, 2.05) is 0 Å². The third kappa shape index (κ3) is 4.78. The van der Waals surface area contributed by atoms with Crippen LogP contribution in [0.3, 0.4) is 0 Å². The molecular formula is C11H13F2NO3. The molecule has 0 aliphatic heterocycles. The number of carbonyl (C=O) groups excluding carboxylic acids is 1. The molecule has 0 aliphatic carbocycles. The second-order valence-corrected chi connectivity index (χ2v) is 3.52. The largest absolute Gasteiger partial charge is 0.481 e. The van der Waals surface area contributed by atoms with Gasteiger partial charge in [0.05, 0.1) is 6.10 Å². The zero-order valence-corrected chi connectivity index (χ0v) is 9.24. The van der Waals surface area contributed by atoms with E-state index in [2.05, 4.69) is 5.32 Å². The fourth-order valence-corrected chi connectivity index (χ4v) is 1.05. The van der Waals surface area contributed by atoms with Crippen LogP contribution < -0.4 is 10.1 Å². The van der Waals surface area contributed by atoms with Crippen LogP contribution in [0.1, 0.15) is 6.92 Å². The highest BCUT2D eigenvalue weighted by Crippen LogP contribution is 2.17. The quantitative estimate of drug-likeness (QED) is 0.808. The maximum atomic E-state index is 13.1. The zero-order valence-electron chi connectivity index (χ0n) is 9.24. The molecule has 0 saturated carbocycles. The Morgan fingerprint density at radius 3 is 2.82 bits per heavy atom. The van der Waals surface area contributed by atoms with Crippen LogP contribution >= 0.6 is 0 Å². The molecule has 4 nitrogen and oxygen atoms in total. The molecule has 2 N–H and O–H groups in total. The number of aliphatic hydroxyl groups excluding tert-OH is 1. The van der Waals surface area contributed by atoms with Crippen LogP contribution in [0.15, 0.2) is 18.2 Å². The molecule has 0 heterocycles. The zero-order chi connectivity index (χ0) is 12.8. The lowest BCUT2D eigenvalue weighted by atomic mass is 10.3. The summed E-state index contributed by atoms with van der Waals surface area (Å²) in [7, 11) is 0. The number of halogens is 2. The molecule has 0 fully saturated rings. The minimum absolute atomic E-state index is 0.0914. The van der Waals surface area contributed by atoms with Gasteiger partial charge >= 0.3 is 0 Å². The normalized spacial score (nSPS) is 12.0. The predicted octanol–water partition coefficient (Wildman–Crippen LogP) is 0.841. The van der Waals surface area contributed by atoms with Gasteiger partial charge < -0.3 is 15.2 Å². The average Bonchev–Trinajstić information content (AvgIpc) is 2.25. The van der Waals surface area contributed by atoms with Gasteiger partial charge in [0.2, 0.25) is 0 Å². The summed E-state index contributed by atoms with van der Waals surface area (Å²) in [6.45, 7) is 1.21. The number of aliphatic hydroxyl groups is 1. The number of carbonyl (C=O) groups is 1. The molecule has 94 valence electrons. The lowest BCUT2D eigenvalue weighted by Gasteiger charge is -2.09. The number of ether oxygens (including phenoxy) is 1. The number of hydrogen-bond donors (Lipinski definition) is 2. The lowest BCUT2D eigenvalue weighted by molar-refractivity contribution is -0.123. The van der Waals surface area contributed by atoms with Crippen molar-refractivity contribution >= 4 is 5.91 Å². The molecule has 6 heteroatoms. The Balaban J connectivity index is 2.42. The molecule has 1 rings (SSSR count). The Bertz CT molecular complexity index is 396. The monoisotopic (exact) mass is 245 g/mol. The highest BCUT2D eigenvalue weighted by atomic mass is 19.1. The Hall–Kier alpha value is -1.69. The first-order valence-corrected chi connectivity index (χ1v) is 5.01. The van der Waals surface area contributed by atoms with E-state index in [-0.39, 0.29) is 12.3 Å². The van der Waals surface area contributed by atoms with Gasteiger partial charge in [-0.2, -0.15) is 0 Å². The Labute approximate surface area is 97.2 Å². The number of rotatable bonds is 5. The summed E-state index contributed by atoms with van der Waals surface area (Å²) in [5.74, 6) is -2.27. The molecule has 0 saturated heterocycles. The van der Waals surface area contributed by atoms with Crippen molar-refractivity contribution in [3.05, 3.63) is 29.8 Å². The molecule has 1 aromatic carbocycles. The van der Waals surface area contributed by atoms with E-state index in [0.29, 0.717) is 6.07 Å². The fraction of sp³-hybridized carbons (Fsp3) is 0.364. The van der Waals surface area contributed by atoms with Gasteiger partial charge in [-0.1, -0.05) is 0 Å². The molecule has 0 bridgehead atoms. The van der Waals surface area contributed by atoms with E-state index in [4.69, 9.17) is 9.84 Å². The highest BCUT2D eigenvalue weighted by Gasteiger charge is 2.08. The van der Waals surface area contributed by atoms with Crippen molar-refractivity contribution in [2.45, 2.75) is 13.0 Å². The van der Waals surface area contributed by atoms with Crippen LogP contribution in [0.25, 0.3) is 0 Å². The van der Waals surface area contributed by atoms with Crippen LogP contribution in [0.4, 0.5) is 8.78 Å². The molecule has 0 aliphatic rings. The van der Waals surface area contributed by atoms with Gasteiger partial charge in [0.15, 0.2) is 18.2 Å². The van der Waals surface area contributed by atoms with Gasteiger partial charge in [-0.05, 0) is 19.1 Å². The van der Waals surface area contributed by atoms with Crippen LogP contribution in [0.2, 0.25) is 0 Å². The first-order chi connectivity index (χ1) is 7.99. The maximum absolute atomic E-state index is 13.1. The fourth-order valence-electron chi connectivity index (χ4n) is 1.05. The van der Waals surface area contributed by atoms with Gasteiger partial charge in [-0.25, -0.2) is 8.78 Å². The van der Waals surface area contributed by atoms with E-state index in [1.54, 1.807) is 0 Å². The van der Waals surface area contributed by atoms with Crippen molar-refractivity contribution in [2.24, 2.45) is 0 Å². The van der Waals surface area contributed by atoms with Crippen molar-refractivity contribution < 1.29 is 23.4 Å². The van der Waals surface area contributed by atoms with Gasteiger partial charge in [0, 0.05) is 12.6 Å². The predicted molar refractivity (Wildman–Crippen MR) is 56.5 cm³/mol. The molecule has 0 aromatic heterocycles. The average molecular weight is 245 g/mol. The van der Waals surface area contributed by atoms with Crippen molar-refractivity contribution in [2.75, 3.05) is 13.2 Å². The van der Waals surface area contributed by atoms with E-state index in [0.717, 1.165) is 12.1 Å². The minimum atomic E-state index is -0.867.